The highest BCUT2D eigenvalue weighted by Crippen LogP contribution is 2.16. The van der Waals surface area contributed by atoms with Crippen molar-refractivity contribution in [3.63, 3.8) is 0 Å². The zero-order chi connectivity index (χ0) is 22.1. The molecule has 0 atom stereocenters. The molecular formula is C22H26BrN3O4. The summed E-state index contributed by atoms with van der Waals surface area (Å²) in [6.45, 7) is 5.87. The lowest BCUT2D eigenvalue weighted by Crippen LogP contribution is -2.34. The summed E-state index contributed by atoms with van der Waals surface area (Å²) in [4.78, 5) is 35.8. The van der Waals surface area contributed by atoms with Gasteiger partial charge in [0.15, 0.2) is 0 Å². The van der Waals surface area contributed by atoms with Gasteiger partial charge in [0.25, 0.3) is 5.91 Å². The maximum Gasteiger partial charge on any atom is 0.407 e. The Balaban J connectivity index is 1.75. The Labute approximate surface area is 184 Å². The zero-order valence-electron chi connectivity index (χ0n) is 17.3. The molecule has 0 saturated carbocycles. The predicted molar refractivity (Wildman–Crippen MR) is 119 cm³/mol. The minimum absolute atomic E-state index is 0.128. The molecule has 0 heterocycles. The Morgan fingerprint density at radius 3 is 2.27 bits per heavy atom. The normalized spacial score (nSPS) is 10.8. The average Bonchev–Trinajstić information content (AvgIpc) is 2.66. The van der Waals surface area contributed by atoms with E-state index in [2.05, 4.69) is 31.9 Å². The Morgan fingerprint density at radius 1 is 0.967 bits per heavy atom. The summed E-state index contributed by atoms with van der Waals surface area (Å²) in [6.07, 6.45) is -0.424. The third-order valence-corrected chi connectivity index (χ3v) is 4.52. The van der Waals surface area contributed by atoms with Gasteiger partial charge in [0, 0.05) is 29.7 Å². The van der Waals surface area contributed by atoms with Gasteiger partial charge < -0.3 is 20.7 Å². The van der Waals surface area contributed by atoms with Gasteiger partial charge >= 0.3 is 6.09 Å². The second-order valence-electron chi connectivity index (χ2n) is 7.59. The van der Waals surface area contributed by atoms with Crippen molar-refractivity contribution in [3.8, 4) is 0 Å². The number of rotatable bonds is 7. The van der Waals surface area contributed by atoms with E-state index in [-0.39, 0.29) is 24.8 Å². The first-order chi connectivity index (χ1) is 14.1. The van der Waals surface area contributed by atoms with Crippen LogP contribution in [0.3, 0.4) is 0 Å². The number of halogens is 1. The number of hydrogen-bond acceptors (Lipinski definition) is 4. The molecule has 0 aromatic heterocycles. The molecule has 3 N–H and O–H groups in total. The average molecular weight is 476 g/mol. The largest absolute Gasteiger partial charge is 0.444 e. The standard InChI is InChI=1S/C22H26BrN3O4/c1-22(2,3)30-21(29)24-13-12-19(27)26-16-10-8-15(9-11-16)14-25-20(28)17-6-4-5-7-18(17)23/h4-11H,12-14H2,1-3H3,(H,24,29)(H,25,28)(H,26,27). The van der Waals surface area contributed by atoms with Crippen LogP contribution in [0.2, 0.25) is 0 Å². The molecule has 8 heteroatoms. The third kappa shape index (κ3) is 8.24. The van der Waals surface area contributed by atoms with Crippen LogP contribution < -0.4 is 16.0 Å². The molecule has 0 fully saturated rings. The molecule has 160 valence electrons. The molecule has 0 spiro atoms. The van der Waals surface area contributed by atoms with Gasteiger partial charge in [-0.2, -0.15) is 0 Å². The Bertz CT molecular complexity index is 892. The van der Waals surface area contributed by atoms with E-state index in [1.807, 2.05) is 24.3 Å². The topological polar surface area (TPSA) is 96.5 Å². The fourth-order valence-electron chi connectivity index (χ4n) is 2.44. The summed E-state index contributed by atoms with van der Waals surface area (Å²) in [6, 6.07) is 14.4. The number of amides is 3. The second kappa shape index (κ2) is 10.8. The van der Waals surface area contributed by atoms with Crippen molar-refractivity contribution < 1.29 is 19.1 Å². The summed E-state index contributed by atoms with van der Waals surface area (Å²) in [5.41, 5.74) is 1.53. The number of carbonyl (C=O) groups is 3. The van der Waals surface area contributed by atoms with E-state index < -0.39 is 11.7 Å². The molecular weight excluding hydrogens is 450 g/mol. The summed E-state index contributed by atoms with van der Waals surface area (Å²) < 4.78 is 5.85. The van der Waals surface area contributed by atoms with Gasteiger partial charge in [-0.05, 0) is 66.5 Å². The van der Waals surface area contributed by atoms with Crippen molar-refractivity contribution in [2.45, 2.75) is 39.3 Å². The van der Waals surface area contributed by atoms with E-state index in [4.69, 9.17) is 4.74 Å². The highest BCUT2D eigenvalue weighted by molar-refractivity contribution is 9.10. The first-order valence-electron chi connectivity index (χ1n) is 9.52. The molecule has 0 saturated heterocycles. The smallest absolute Gasteiger partial charge is 0.407 e. The van der Waals surface area contributed by atoms with Crippen molar-refractivity contribution in [3.05, 3.63) is 64.1 Å². The van der Waals surface area contributed by atoms with E-state index in [0.717, 1.165) is 10.0 Å². The van der Waals surface area contributed by atoms with Crippen molar-refractivity contribution in [2.75, 3.05) is 11.9 Å². The van der Waals surface area contributed by atoms with Gasteiger partial charge in [-0.25, -0.2) is 4.79 Å². The van der Waals surface area contributed by atoms with E-state index >= 15 is 0 Å². The van der Waals surface area contributed by atoms with Crippen LogP contribution in [-0.4, -0.2) is 30.1 Å². The van der Waals surface area contributed by atoms with E-state index in [9.17, 15) is 14.4 Å². The molecule has 0 bridgehead atoms. The zero-order valence-corrected chi connectivity index (χ0v) is 18.8. The number of alkyl carbamates (subject to hydrolysis) is 1. The molecule has 0 radical (unpaired) electrons. The first-order valence-corrected chi connectivity index (χ1v) is 10.3. The number of ether oxygens (including phenoxy) is 1. The number of anilines is 1. The number of hydrogen-bond donors (Lipinski definition) is 3. The molecule has 2 rings (SSSR count). The molecule has 0 aliphatic heterocycles. The summed E-state index contributed by atoms with van der Waals surface area (Å²) in [5, 5.41) is 8.17. The summed E-state index contributed by atoms with van der Waals surface area (Å²) in [5.74, 6) is -0.390. The van der Waals surface area contributed by atoms with Crippen LogP contribution in [0.1, 0.15) is 43.1 Å². The number of benzene rings is 2. The van der Waals surface area contributed by atoms with Gasteiger partial charge in [0.05, 0.1) is 5.56 Å². The highest BCUT2D eigenvalue weighted by atomic mass is 79.9. The van der Waals surface area contributed by atoms with Gasteiger partial charge in [-0.1, -0.05) is 24.3 Å². The first kappa shape index (κ1) is 23.4. The molecule has 7 nitrogen and oxygen atoms in total. The fraction of sp³-hybridized carbons (Fsp3) is 0.318. The van der Waals surface area contributed by atoms with Crippen LogP contribution in [0.25, 0.3) is 0 Å². The van der Waals surface area contributed by atoms with Crippen LogP contribution in [0.4, 0.5) is 10.5 Å². The lowest BCUT2D eigenvalue weighted by Gasteiger charge is -2.19. The Kier molecular flexibility index (Phi) is 8.41. The minimum Gasteiger partial charge on any atom is -0.444 e. The summed E-state index contributed by atoms with van der Waals surface area (Å²) >= 11 is 3.36. The van der Waals surface area contributed by atoms with Crippen molar-refractivity contribution in [1.82, 2.24) is 10.6 Å². The molecule has 2 aromatic carbocycles. The number of carbonyl (C=O) groups excluding carboxylic acids is 3. The monoisotopic (exact) mass is 475 g/mol. The fourth-order valence-corrected chi connectivity index (χ4v) is 2.91. The predicted octanol–water partition coefficient (Wildman–Crippen LogP) is 4.23. The van der Waals surface area contributed by atoms with E-state index in [0.29, 0.717) is 17.8 Å². The van der Waals surface area contributed by atoms with Crippen molar-refractivity contribution in [2.24, 2.45) is 0 Å². The maximum absolute atomic E-state index is 12.2. The second-order valence-corrected chi connectivity index (χ2v) is 8.44. The SMILES string of the molecule is CC(C)(C)OC(=O)NCCC(=O)Nc1ccc(CNC(=O)c2ccccc2Br)cc1. The van der Waals surface area contributed by atoms with Crippen LogP contribution in [-0.2, 0) is 16.1 Å². The highest BCUT2D eigenvalue weighted by Gasteiger charge is 2.16. The molecule has 0 unspecified atom stereocenters. The lowest BCUT2D eigenvalue weighted by molar-refractivity contribution is -0.116. The third-order valence-electron chi connectivity index (χ3n) is 3.83. The van der Waals surface area contributed by atoms with Crippen molar-refractivity contribution in [1.29, 1.82) is 0 Å². The number of nitrogens with one attached hydrogen (secondary N) is 3. The van der Waals surface area contributed by atoms with Crippen LogP contribution in [0, 0.1) is 0 Å². The maximum atomic E-state index is 12.2. The van der Waals surface area contributed by atoms with Crippen LogP contribution in [0.15, 0.2) is 53.0 Å². The molecule has 0 aliphatic rings. The quantitative estimate of drug-likeness (QED) is 0.557. The van der Waals surface area contributed by atoms with E-state index in [1.165, 1.54) is 0 Å². The molecule has 0 aliphatic carbocycles. The van der Waals surface area contributed by atoms with Crippen LogP contribution in [0.5, 0.6) is 0 Å². The van der Waals surface area contributed by atoms with Gasteiger partial charge in [-0.15, -0.1) is 0 Å². The molecule has 30 heavy (non-hydrogen) atoms. The molecule has 2 aromatic rings. The van der Waals surface area contributed by atoms with Gasteiger partial charge in [-0.3, -0.25) is 9.59 Å². The minimum atomic E-state index is -0.578. The van der Waals surface area contributed by atoms with Gasteiger partial charge in [0.2, 0.25) is 5.91 Å². The lowest BCUT2D eigenvalue weighted by atomic mass is 10.2. The molecule has 3 amide bonds. The van der Waals surface area contributed by atoms with Crippen molar-refractivity contribution >= 4 is 39.5 Å². The van der Waals surface area contributed by atoms with E-state index in [1.54, 1.807) is 45.0 Å². The Morgan fingerprint density at radius 2 is 1.63 bits per heavy atom. The van der Waals surface area contributed by atoms with Gasteiger partial charge in [0.1, 0.15) is 5.60 Å². The summed E-state index contributed by atoms with van der Waals surface area (Å²) in [7, 11) is 0. The van der Waals surface area contributed by atoms with Crippen LogP contribution >= 0.6 is 15.9 Å². The Hall–Kier alpha value is -2.87.